The van der Waals surface area contributed by atoms with Gasteiger partial charge in [-0.2, -0.15) is 13.2 Å². The number of hydrogen-bond donors (Lipinski definition) is 2. The molecule has 1 rings (SSSR count). The number of aliphatic carboxylic acids is 1. The quantitative estimate of drug-likeness (QED) is 0.797. The first kappa shape index (κ1) is 17.3. The standard InChI is InChI=1S/C12H17F3N2O4/c1-6(2)8(16-11(21)12(13,14)15)9(18)17-4-3-7(5-17)10(19)20/h6-8H,3-5H2,1-2H3,(H,16,21)(H,19,20)/t7?,8-/m0/s1. The lowest BCUT2D eigenvalue weighted by Crippen LogP contribution is -2.53. The highest BCUT2D eigenvalue weighted by Crippen LogP contribution is 2.20. The minimum absolute atomic E-state index is 0.0563. The first-order valence-corrected chi connectivity index (χ1v) is 6.43. The Morgan fingerprint density at radius 1 is 1.29 bits per heavy atom. The van der Waals surface area contributed by atoms with E-state index in [1.807, 2.05) is 0 Å². The normalized spacial score (nSPS) is 20.5. The van der Waals surface area contributed by atoms with E-state index >= 15 is 0 Å². The van der Waals surface area contributed by atoms with Gasteiger partial charge in [-0.1, -0.05) is 13.8 Å². The van der Waals surface area contributed by atoms with Gasteiger partial charge in [-0.15, -0.1) is 0 Å². The molecule has 1 fully saturated rings. The van der Waals surface area contributed by atoms with Crippen molar-refractivity contribution in [3.05, 3.63) is 0 Å². The highest BCUT2D eigenvalue weighted by Gasteiger charge is 2.43. The van der Waals surface area contributed by atoms with Crippen LogP contribution in [0, 0.1) is 11.8 Å². The summed E-state index contributed by atoms with van der Waals surface area (Å²) < 4.78 is 36.8. The predicted molar refractivity (Wildman–Crippen MR) is 65.1 cm³/mol. The fourth-order valence-electron chi connectivity index (χ4n) is 2.10. The van der Waals surface area contributed by atoms with Crippen molar-refractivity contribution in [2.24, 2.45) is 11.8 Å². The Bertz CT molecular complexity index is 437. The van der Waals surface area contributed by atoms with Crippen LogP contribution in [-0.4, -0.2) is 53.1 Å². The predicted octanol–water partition coefficient (Wildman–Crippen LogP) is 0.623. The van der Waals surface area contributed by atoms with Crippen LogP contribution in [0.2, 0.25) is 0 Å². The van der Waals surface area contributed by atoms with Gasteiger partial charge >= 0.3 is 18.1 Å². The van der Waals surface area contributed by atoms with Gasteiger partial charge in [0.1, 0.15) is 6.04 Å². The molecule has 21 heavy (non-hydrogen) atoms. The van der Waals surface area contributed by atoms with Crippen LogP contribution in [-0.2, 0) is 14.4 Å². The van der Waals surface area contributed by atoms with Crippen molar-refractivity contribution in [1.29, 1.82) is 0 Å². The van der Waals surface area contributed by atoms with Crippen molar-refractivity contribution in [3.63, 3.8) is 0 Å². The number of alkyl halides is 3. The topological polar surface area (TPSA) is 86.7 Å². The fraction of sp³-hybridized carbons (Fsp3) is 0.750. The van der Waals surface area contributed by atoms with Gasteiger partial charge in [0.15, 0.2) is 0 Å². The molecule has 6 nitrogen and oxygen atoms in total. The summed E-state index contributed by atoms with van der Waals surface area (Å²) in [7, 11) is 0. The van der Waals surface area contributed by atoms with Crippen LogP contribution in [0.25, 0.3) is 0 Å². The third kappa shape index (κ3) is 4.33. The van der Waals surface area contributed by atoms with Gasteiger partial charge in [-0.05, 0) is 12.3 Å². The molecule has 1 saturated heterocycles. The van der Waals surface area contributed by atoms with E-state index in [0.717, 1.165) is 0 Å². The van der Waals surface area contributed by atoms with Crippen molar-refractivity contribution < 1.29 is 32.7 Å². The number of hydrogen-bond acceptors (Lipinski definition) is 3. The molecule has 0 aromatic rings. The van der Waals surface area contributed by atoms with Crippen molar-refractivity contribution in [2.45, 2.75) is 32.5 Å². The maximum atomic E-state index is 12.3. The molecule has 1 heterocycles. The Labute approximate surface area is 119 Å². The van der Waals surface area contributed by atoms with E-state index in [1.165, 1.54) is 18.7 Å². The number of nitrogens with one attached hydrogen (secondary N) is 1. The van der Waals surface area contributed by atoms with Crippen LogP contribution in [0.4, 0.5) is 13.2 Å². The molecule has 0 aromatic heterocycles. The zero-order valence-electron chi connectivity index (χ0n) is 11.6. The molecule has 2 atom stereocenters. The van der Waals surface area contributed by atoms with E-state index in [0.29, 0.717) is 0 Å². The highest BCUT2D eigenvalue weighted by molar-refractivity contribution is 5.90. The van der Waals surface area contributed by atoms with E-state index < -0.39 is 41.8 Å². The van der Waals surface area contributed by atoms with E-state index in [2.05, 4.69) is 0 Å². The minimum Gasteiger partial charge on any atom is -0.481 e. The molecule has 9 heteroatoms. The lowest BCUT2D eigenvalue weighted by atomic mass is 10.0. The Morgan fingerprint density at radius 2 is 1.86 bits per heavy atom. The highest BCUT2D eigenvalue weighted by atomic mass is 19.4. The number of halogens is 3. The molecule has 2 N–H and O–H groups in total. The second-order valence-corrected chi connectivity index (χ2v) is 5.30. The summed E-state index contributed by atoms with van der Waals surface area (Å²) >= 11 is 0. The summed E-state index contributed by atoms with van der Waals surface area (Å²) in [5.41, 5.74) is 0. The van der Waals surface area contributed by atoms with E-state index in [9.17, 15) is 27.6 Å². The lowest BCUT2D eigenvalue weighted by Gasteiger charge is -2.27. The van der Waals surface area contributed by atoms with Gasteiger partial charge in [0, 0.05) is 13.1 Å². The zero-order chi connectivity index (χ0) is 16.4. The molecule has 0 aromatic carbocycles. The molecule has 1 aliphatic rings. The van der Waals surface area contributed by atoms with Crippen LogP contribution >= 0.6 is 0 Å². The average molecular weight is 310 g/mol. The lowest BCUT2D eigenvalue weighted by molar-refractivity contribution is -0.175. The van der Waals surface area contributed by atoms with Gasteiger partial charge in [0.25, 0.3) is 0 Å². The Balaban J connectivity index is 2.76. The molecule has 0 radical (unpaired) electrons. The van der Waals surface area contributed by atoms with Gasteiger partial charge in [-0.3, -0.25) is 14.4 Å². The maximum absolute atomic E-state index is 12.3. The SMILES string of the molecule is CC(C)[C@H](NC(=O)C(F)(F)F)C(=O)N1CCC(C(=O)O)C1. The van der Waals surface area contributed by atoms with Crippen LogP contribution in [0.1, 0.15) is 20.3 Å². The van der Waals surface area contributed by atoms with E-state index in [-0.39, 0.29) is 19.5 Å². The number of carbonyl (C=O) groups excluding carboxylic acids is 2. The summed E-state index contributed by atoms with van der Waals surface area (Å²) in [5.74, 6) is -5.19. The van der Waals surface area contributed by atoms with Crippen LogP contribution in [0.15, 0.2) is 0 Å². The molecule has 0 aliphatic carbocycles. The van der Waals surface area contributed by atoms with Gasteiger partial charge in [0.2, 0.25) is 5.91 Å². The van der Waals surface area contributed by atoms with Crippen LogP contribution in [0.3, 0.4) is 0 Å². The molecule has 0 bridgehead atoms. The fourth-order valence-corrected chi connectivity index (χ4v) is 2.10. The summed E-state index contributed by atoms with van der Waals surface area (Å²) in [5, 5.41) is 10.5. The van der Waals surface area contributed by atoms with Gasteiger partial charge in [0.05, 0.1) is 5.92 Å². The molecule has 0 spiro atoms. The minimum atomic E-state index is -5.07. The smallest absolute Gasteiger partial charge is 0.471 e. The first-order chi connectivity index (χ1) is 9.54. The summed E-state index contributed by atoms with van der Waals surface area (Å²) in [4.78, 5) is 35.1. The molecular weight excluding hydrogens is 293 g/mol. The monoisotopic (exact) mass is 310 g/mol. The number of carboxylic acids is 1. The maximum Gasteiger partial charge on any atom is 0.471 e. The molecule has 1 aliphatic heterocycles. The third-order valence-electron chi connectivity index (χ3n) is 3.33. The van der Waals surface area contributed by atoms with E-state index in [4.69, 9.17) is 5.11 Å². The number of carboxylic acid groups (broad SMARTS) is 1. The van der Waals surface area contributed by atoms with Gasteiger partial charge < -0.3 is 15.3 Å². The Hall–Kier alpha value is -1.80. The van der Waals surface area contributed by atoms with Crippen molar-refractivity contribution >= 4 is 17.8 Å². The number of carbonyl (C=O) groups is 3. The zero-order valence-corrected chi connectivity index (χ0v) is 11.6. The average Bonchev–Trinajstić information content (AvgIpc) is 2.82. The van der Waals surface area contributed by atoms with Crippen LogP contribution in [0.5, 0.6) is 0 Å². The number of rotatable bonds is 4. The Kier molecular flexibility index (Phi) is 5.19. The molecule has 1 unspecified atom stereocenters. The summed E-state index contributed by atoms with van der Waals surface area (Å²) in [6.07, 6.45) is -4.82. The molecule has 120 valence electrons. The second-order valence-electron chi connectivity index (χ2n) is 5.30. The number of likely N-dealkylation sites (tertiary alicyclic amines) is 1. The molecule has 2 amide bonds. The van der Waals surface area contributed by atoms with Gasteiger partial charge in [-0.25, -0.2) is 0 Å². The molecular formula is C12H17F3N2O4. The summed E-state index contributed by atoms with van der Waals surface area (Å²) in [6.45, 7) is 3.11. The third-order valence-corrected chi connectivity index (χ3v) is 3.33. The molecule has 0 saturated carbocycles. The number of nitrogens with zero attached hydrogens (tertiary/aromatic N) is 1. The second kappa shape index (κ2) is 6.31. The van der Waals surface area contributed by atoms with Crippen molar-refractivity contribution in [1.82, 2.24) is 10.2 Å². The van der Waals surface area contributed by atoms with Crippen molar-refractivity contribution in [2.75, 3.05) is 13.1 Å². The van der Waals surface area contributed by atoms with E-state index in [1.54, 1.807) is 5.32 Å². The number of amides is 2. The summed E-state index contributed by atoms with van der Waals surface area (Å²) in [6, 6.07) is -1.33. The first-order valence-electron chi connectivity index (χ1n) is 6.43. The van der Waals surface area contributed by atoms with Crippen molar-refractivity contribution in [3.8, 4) is 0 Å². The Morgan fingerprint density at radius 3 is 2.24 bits per heavy atom. The van der Waals surface area contributed by atoms with Crippen LogP contribution < -0.4 is 5.32 Å². The largest absolute Gasteiger partial charge is 0.481 e.